The molecule has 2 aromatic heterocycles. The standard InChI is InChI=1S/C12H14N2O3/c1-7-8(2)13-14(9(7)3)6-10-4-5-17-11(10)12(15)16/h4-5H,6H2,1-3H3,(H,15,16). The maximum absolute atomic E-state index is 10.9. The molecule has 2 aromatic rings. The van der Waals surface area contributed by atoms with E-state index in [9.17, 15) is 4.79 Å². The summed E-state index contributed by atoms with van der Waals surface area (Å²) in [5.74, 6) is -1.07. The number of carboxylic acid groups (broad SMARTS) is 1. The van der Waals surface area contributed by atoms with E-state index >= 15 is 0 Å². The number of rotatable bonds is 3. The third kappa shape index (κ3) is 1.95. The van der Waals surface area contributed by atoms with Crippen LogP contribution in [0.15, 0.2) is 16.7 Å². The van der Waals surface area contributed by atoms with Gasteiger partial charge in [0.2, 0.25) is 5.76 Å². The minimum atomic E-state index is -1.05. The Kier molecular flexibility index (Phi) is 2.75. The summed E-state index contributed by atoms with van der Waals surface area (Å²) < 4.78 is 6.73. The first-order chi connectivity index (χ1) is 8.00. The van der Waals surface area contributed by atoms with Gasteiger partial charge in [-0.1, -0.05) is 0 Å². The van der Waals surface area contributed by atoms with E-state index < -0.39 is 5.97 Å². The van der Waals surface area contributed by atoms with Crippen LogP contribution in [-0.4, -0.2) is 20.9 Å². The fourth-order valence-corrected chi connectivity index (χ4v) is 1.75. The first-order valence-corrected chi connectivity index (χ1v) is 5.31. The van der Waals surface area contributed by atoms with Gasteiger partial charge in [-0.2, -0.15) is 5.10 Å². The molecule has 0 saturated heterocycles. The third-order valence-electron chi connectivity index (χ3n) is 3.00. The highest BCUT2D eigenvalue weighted by atomic mass is 16.4. The monoisotopic (exact) mass is 234 g/mol. The largest absolute Gasteiger partial charge is 0.475 e. The highest BCUT2D eigenvalue weighted by Gasteiger charge is 2.16. The number of furan rings is 1. The number of hydrogen-bond acceptors (Lipinski definition) is 3. The van der Waals surface area contributed by atoms with Gasteiger partial charge in [-0.15, -0.1) is 0 Å². The minimum Gasteiger partial charge on any atom is -0.475 e. The second kappa shape index (κ2) is 4.08. The zero-order valence-corrected chi connectivity index (χ0v) is 10.0. The maximum atomic E-state index is 10.9. The fraction of sp³-hybridized carbons (Fsp3) is 0.333. The Morgan fingerprint density at radius 3 is 2.71 bits per heavy atom. The molecular weight excluding hydrogens is 220 g/mol. The summed E-state index contributed by atoms with van der Waals surface area (Å²) in [5.41, 5.74) is 3.76. The zero-order chi connectivity index (χ0) is 12.6. The van der Waals surface area contributed by atoms with E-state index in [0.717, 1.165) is 17.0 Å². The van der Waals surface area contributed by atoms with E-state index in [4.69, 9.17) is 9.52 Å². The summed E-state index contributed by atoms with van der Waals surface area (Å²) in [6, 6.07) is 1.66. The van der Waals surface area contributed by atoms with E-state index in [0.29, 0.717) is 12.1 Å². The second-order valence-electron chi connectivity index (χ2n) is 4.03. The van der Waals surface area contributed by atoms with E-state index in [1.54, 1.807) is 10.7 Å². The Balaban J connectivity index is 2.35. The molecule has 0 atom stereocenters. The van der Waals surface area contributed by atoms with Crippen LogP contribution in [0.25, 0.3) is 0 Å². The molecule has 0 unspecified atom stereocenters. The average molecular weight is 234 g/mol. The van der Waals surface area contributed by atoms with Crippen molar-refractivity contribution in [2.45, 2.75) is 27.3 Å². The van der Waals surface area contributed by atoms with Crippen LogP contribution in [0.1, 0.15) is 33.1 Å². The Bertz CT molecular complexity index is 566. The van der Waals surface area contributed by atoms with Crippen LogP contribution in [0.2, 0.25) is 0 Å². The molecule has 1 N–H and O–H groups in total. The quantitative estimate of drug-likeness (QED) is 0.883. The topological polar surface area (TPSA) is 68.3 Å². The predicted octanol–water partition coefficient (Wildman–Crippen LogP) is 2.15. The molecule has 5 nitrogen and oxygen atoms in total. The van der Waals surface area contributed by atoms with Crippen LogP contribution in [0, 0.1) is 20.8 Å². The summed E-state index contributed by atoms with van der Waals surface area (Å²) >= 11 is 0. The van der Waals surface area contributed by atoms with E-state index in [-0.39, 0.29) is 5.76 Å². The minimum absolute atomic E-state index is 0.0183. The highest BCUT2D eigenvalue weighted by molar-refractivity contribution is 5.86. The van der Waals surface area contributed by atoms with Gasteiger partial charge in [0.25, 0.3) is 0 Å². The van der Waals surface area contributed by atoms with Crippen LogP contribution in [-0.2, 0) is 6.54 Å². The number of nitrogens with zero attached hydrogens (tertiary/aromatic N) is 2. The second-order valence-corrected chi connectivity index (χ2v) is 4.03. The molecule has 0 aliphatic rings. The Labute approximate surface area is 98.7 Å². The number of hydrogen-bond donors (Lipinski definition) is 1. The summed E-state index contributed by atoms with van der Waals surface area (Å²) in [6.07, 6.45) is 1.39. The lowest BCUT2D eigenvalue weighted by Gasteiger charge is -2.03. The van der Waals surface area contributed by atoms with Crippen LogP contribution in [0.5, 0.6) is 0 Å². The SMILES string of the molecule is Cc1nn(Cc2ccoc2C(=O)O)c(C)c1C. The molecule has 0 fully saturated rings. The summed E-state index contributed by atoms with van der Waals surface area (Å²) in [4.78, 5) is 10.9. The first-order valence-electron chi connectivity index (χ1n) is 5.31. The fourth-order valence-electron chi connectivity index (χ4n) is 1.75. The lowest BCUT2D eigenvalue weighted by atomic mass is 10.2. The molecule has 17 heavy (non-hydrogen) atoms. The van der Waals surface area contributed by atoms with Crippen LogP contribution >= 0.6 is 0 Å². The zero-order valence-electron chi connectivity index (χ0n) is 10.0. The predicted molar refractivity (Wildman–Crippen MR) is 61.2 cm³/mol. The Morgan fingerprint density at radius 1 is 1.47 bits per heavy atom. The van der Waals surface area contributed by atoms with Gasteiger partial charge in [-0.05, 0) is 32.4 Å². The molecule has 90 valence electrons. The van der Waals surface area contributed by atoms with E-state index in [1.807, 2.05) is 20.8 Å². The van der Waals surface area contributed by atoms with Crippen molar-refractivity contribution >= 4 is 5.97 Å². The van der Waals surface area contributed by atoms with Crippen molar-refractivity contribution in [3.05, 3.63) is 40.6 Å². The molecule has 0 spiro atoms. The molecule has 5 heteroatoms. The number of carboxylic acids is 1. The highest BCUT2D eigenvalue weighted by Crippen LogP contribution is 2.16. The third-order valence-corrected chi connectivity index (χ3v) is 3.00. The number of aromatic nitrogens is 2. The van der Waals surface area contributed by atoms with Gasteiger partial charge in [0.15, 0.2) is 0 Å². The van der Waals surface area contributed by atoms with Gasteiger partial charge in [0.1, 0.15) is 0 Å². The lowest BCUT2D eigenvalue weighted by Crippen LogP contribution is -2.07. The van der Waals surface area contributed by atoms with E-state index in [1.165, 1.54) is 6.26 Å². The molecule has 0 saturated carbocycles. The maximum Gasteiger partial charge on any atom is 0.372 e. The van der Waals surface area contributed by atoms with Gasteiger partial charge in [-0.3, -0.25) is 4.68 Å². The number of carbonyl (C=O) groups is 1. The van der Waals surface area contributed by atoms with Crippen LogP contribution in [0.3, 0.4) is 0 Å². The number of aryl methyl sites for hydroxylation is 1. The smallest absolute Gasteiger partial charge is 0.372 e. The van der Waals surface area contributed by atoms with Crippen molar-refractivity contribution in [3.8, 4) is 0 Å². The first kappa shape index (κ1) is 11.4. The molecule has 0 radical (unpaired) electrons. The lowest BCUT2D eigenvalue weighted by molar-refractivity contribution is 0.0660. The Morgan fingerprint density at radius 2 is 2.18 bits per heavy atom. The summed E-state index contributed by atoms with van der Waals surface area (Å²) in [5, 5.41) is 13.3. The molecule has 0 bridgehead atoms. The van der Waals surface area contributed by atoms with Crippen LogP contribution < -0.4 is 0 Å². The van der Waals surface area contributed by atoms with Crippen molar-refractivity contribution in [3.63, 3.8) is 0 Å². The van der Waals surface area contributed by atoms with E-state index in [2.05, 4.69) is 5.10 Å². The van der Waals surface area contributed by atoms with Gasteiger partial charge in [0.05, 0.1) is 18.5 Å². The van der Waals surface area contributed by atoms with Gasteiger partial charge in [0, 0.05) is 11.3 Å². The average Bonchev–Trinajstić information content (AvgIpc) is 2.81. The van der Waals surface area contributed by atoms with Crippen molar-refractivity contribution in [2.75, 3.05) is 0 Å². The van der Waals surface area contributed by atoms with Crippen molar-refractivity contribution in [2.24, 2.45) is 0 Å². The summed E-state index contributed by atoms with van der Waals surface area (Å²) in [6.45, 7) is 6.32. The van der Waals surface area contributed by atoms with Crippen molar-refractivity contribution in [1.29, 1.82) is 0 Å². The van der Waals surface area contributed by atoms with Crippen molar-refractivity contribution < 1.29 is 14.3 Å². The molecule has 0 aliphatic heterocycles. The van der Waals surface area contributed by atoms with Gasteiger partial charge >= 0.3 is 5.97 Å². The number of aromatic carboxylic acids is 1. The molecule has 0 aromatic carbocycles. The molecule has 2 heterocycles. The van der Waals surface area contributed by atoms with Gasteiger partial charge < -0.3 is 9.52 Å². The molecule has 0 amide bonds. The molecule has 2 rings (SSSR count). The molecule has 0 aliphatic carbocycles. The van der Waals surface area contributed by atoms with Gasteiger partial charge in [-0.25, -0.2) is 4.79 Å². The van der Waals surface area contributed by atoms with Crippen molar-refractivity contribution in [1.82, 2.24) is 9.78 Å². The summed E-state index contributed by atoms with van der Waals surface area (Å²) in [7, 11) is 0. The Hall–Kier alpha value is -2.04. The normalized spacial score (nSPS) is 10.8. The molecular formula is C12H14N2O3. The van der Waals surface area contributed by atoms with Crippen LogP contribution in [0.4, 0.5) is 0 Å².